The summed E-state index contributed by atoms with van der Waals surface area (Å²) in [5, 5.41) is 0.466. The number of hydrogen-bond donors (Lipinski definition) is 0. The SMILES string of the molecule is O=C(CBr)c1nsc(Cl)c1Cl. The van der Waals surface area contributed by atoms with Gasteiger partial charge in [0.15, 0.2) is 5.78 Å². The summed E-state index contributed by atoms with van der Waals surface area (Å²) in [7, 11) is 0. The Bertz CT molecular complexity index is 288. The van der Waals surface area contributed by atoms with Crippen LogP contribution >= 0.6 is 50.7 Å². The van der Waals surface area contributed by atoms with E-state index in [0.717, 1.165) is 11.5 Å². The van der Waals surface area contributed by atoms with E-state index in [1.807, 2.05) is 0 Å². The van der Waals surface area contributed by atoms with Gasteiger partial charge < -0.3 is 0 Å². The molecule has 60 valence electrons. The van der Waals surface area contributed by atoms with E-state index >= 15 is 0 Å². The molecule has 0 bridgehead atoms. The lowest BCUT2D eigenvalue weighted by atomic mass is 10.3. The summed E-state index contributed by atoms with van der Waals surface area (Å²) in [6, 6.07) is 0. The zero-order valence-corrected chi connectivity index (χ0v) is 9.02. The molecular weight excluding hydrogens is 273 g/mol. The average molecular weight is 275 g/mol. The van der Waals surface area contributed by atoms with E-state index < -0.39 is 0 Å². The van der Waals surface area contributed by atoms with E-state index in [0.29, 0.717) is 4.34 Å². The van der Waals surface area contributed by atoms with Crippen LogP contribution in [0, 0.1) is 0 Å². The molecule has 1 heterocycles. The maximum atomic E-state index is 11.0. The molecule has 0 aliphatic carbocycles. The zero-order valence-electron chi connectivity index (χ0n) is 5.10. The highest BCUT2D eigenvalue weighted by Crippen LogP contribution is 2.29. The largest absolute Gasteiger partial charge is 0.291 e. The Morgan fingerprint density at radius 2 is 2.27 bits per heavy atom. The minimum atomic E-state index is -0.154. The van der Waals surface area contributed by atoms with Crippen LogP contribution in [0.15, 0.2) is 0 Å². The summed E-state index contributed by atoms with van der Waals surface area (Å²) in [5.41, 5.74) is 0.249. The van der Waals surface area contributed by atoms with Crippen LogP contribution in [0.2, 0.25) is 9.36 Å². The van der Waals surface area contributed by atoms with Crippen molar-refractivity contribution in [3.63, 3.8) is 0 Å². The van der Waals surface area contributed by atoms with Crippen LogP contribution in [-0.4, -0.2) is 15.5 Å². The summed E-state index contributed by atoms with van der Waals surface area (Å²) in [5.74, 6) is -0.154. The smallest absolute Gasteiger partial charge is 0.194 e. The monoisotopic (exact) mass is 273 g/mol. The number of rotatable bonds is 2. The van der Waals surface area contributed by atoms with Crippen molar-refractivity contribution < 1.29 is 4.79 Å². The van der Waals surface area contributed by atoms with Crippen molar-refractivity contribution in [2.75, 3.05) is 5.33 Å². The Balaban J connectivity index is 3.04. The van der Waals surface area contributed by atoms with Gasteiger partial charge in [0.05, 0.1) is 5.33 Å². The Kier molecular flexibility index (Phi) is 3.30. The Hall–Kier alpha value is 0.360. The van der Waals surface area contributed by atoms with Gasteiger partial charge in [-0.05, 0) is 11.5 Å². The number of hydrogen-bond acceptors (Lipinski definition) is 3. The van der Waals surface area contributed by atoms with Crippen molar-refractivity contribution in [2.45, 2.75) is 0 Å². The fourth-order valence-electron chi connectivity index (χ4n) is 0.496. The second kappa shape index (κ2) is 3.85. The van der Waals surface area contributed by atoms with Crippen LogP contribution in [0.3, 0.4) is 0 Å². The molecule has 0 fully saturated rings. The Morgan fingerprint density at radius 1 is 1.64 bits per heavy atom. The number of nitrogens with zero attached hydrogens (tertiary/aromatic N) is 1. The van der Waals surface area contributed by atoms with Gasteiger partial charge in [-0.1, -0.05) is 39.1 Å². The first-order valence-corrected chi connectivity index (χ1v) is 5.21. The van der Waals surface area contributed by atoms with Crippen molar-refractivity contribution in [1.29, 1.82) is 0 Å². The maximum absolute atomic E-state index is 11.0. The molecule has 6 heteroatoms. The van der Waals surface area contributed by atoms with Crippen molar-refractivity contribution in [3.05, 3.63) is 15.1 Å². The number of carbonyl (C=O) groups excluding carboxylic acids is 1. The summed E-state index contributed by atoms with van der Waals surface area (Å²) in [4.78, 5) is 11.0. The lowest BCUT2D eigenvalue weighted by Gasteiger charge is -1.88. The number of Topliss-reactive ketones (excluding diaryl/α,β-unsaturated/α-hetero) is 1. The number of aromatic nitrogens is 1. The summed E-state index contributed by atoms with van der Waals surface area (Å²) < 4.78 is 4.14. The van der Waals surface area contributed by atoms with E-state index in [1.165, 1.54) is 0 Å². The second-order valence-electron chi connectivity index (χ2n) is 1.68. The topological polar surface area (TPSA) is 30.0 Å². The van der Waals surface area contributed by atoms with E-state index in [2.05, 4.69) is 20.3 Å². The fraction of sp³-hybridized carbons (Fsp3) is 0.200. The summed E-state index contributed by atoms with van der Waals surface area (Å²) >= 11 is 15.3. The summed E-state index contributed by atoms with van der Waals surface area (Å²) in [6.45, 7) is 0. The van der Waals surface area contributed by atoms with Crippen molar-refractivity contribution in [2.24, 2.45) is 0 Å². The molecule has 0 amide bonds. The van der Waals surface area contributed by atoms with Crippen LogP contribution in [0.5, 0.6) is 0 Å². The van der Waals surface area contributed by atoms with Crippen molar-refractivity contribution in [1.82, 2.24) is 4.37 Å². The predicted octanol–water partition coefficient (Wildman–Crippen LogP) is 3.03. The minimum absolute atomic E-state index is 0.154. The first-order chi connectivity index (χ1) is 5.16. The maximum Gasteiger partial charge on any atom is 0.194 e. The molecule has 11 heavy (non-hydrogen) atoms. The van der Waals surface area contributed by atoms with Gasteiger partial charge in [-0.25, -0.2) is 0 Å². The Labute approximate surface area is 85.8 Å². The van der Waals surface area contributed by atoms with E-state index in [1.54, 1.807) is 0 Å². The number of alkyl halides is 1. The number of halogens is 3. The lowest BCUT2D eigenvalue weighted by molar-refractivity contribution is 0.102. The Morgan fingerprint density at radius 3 is 2.64 bits per heavy atom. The normalized spacial score (nSPS) is 10.1. The molecule has 0 atom stereocenters. The van der Waals surface area contributed by atoms with Crippen LogP contribution in [0.1, 0.15) is 10.5 Å². The van der Waals surface area contributed by atoms with E-state index in [9.17, 15) is 4.79 Å². The third-order valence-corrected chi connectivity index (χ3v) is 3.10. The molecular formula is C5H2BrCl2NOS. The fourth-order valence-corrected chi connectivity index (χ4v) is 1.80. The van der Waals surface area contributed by atoms with Gasteiger partial charge in [0, 0.05) is 0 Å². The molecule has 0 spiro atoms. The third kappa shape index (κ3) is 1.93. The molecule has 0 saturated heterocycles. The van der Waals surface area contributed by atoms with E-state index in [4.69, 9.17) is 23.2 Å². The highest BCUT2D eigenvalue weighted by molar-refractivity contribution is 9.09. The third-order valence-electron chi connectivity index (χ3n) is 0.983. The van der Waals surface area contributed by atoms with Crippen LogP contribution < -0.4 is 0 Å². The molecule has 0 aromatic carbocycles. The molecule has 1 rings (SSSR count). The minimum Gasteiger partial charge on any atom is -0.291 e. The molecule has 0 radical (unpaired) electrons. The van der Waals surface area contributed by atoms with Gasteiger partial charge in [-0.15, -0.1) is 0 Å². The standard InChI is InChI=1S/C5H2BrCl2NOS/c6-1-2(10)4-3(7)5(8)11-9-4/h1H2. The highest BCUT2D eigenvalue weighted by atomic mass is 79.9. The van der Waals surface area contributed by atoms with Crippen molar-refractivity contribution >= 4 is 56.4 Å². The molecule has 0 unspecified atom stereocenters. The first-order valence-electron chi connectivity index (χ1n) is 2.56. The zero-order chi connectivity index (χ0) is 8.43. The molecule has 2 nitrogen and oxygen atoms in total. The van der Waals surface area contributed by atoms with Gasteiger partial charge >= 0.3 is 0 Å². The van der Waals surface area contributed by atoms with E-state index in [-0.39, 0.29) is 21.8 Å². The van der Waals surface area contributed by atoms with Gasteiger partial charge in [-0.2, -0.15) is 4.37 Å². The van der Waals surface area contributed by atoms with Gasteiger partial charge in [0.2, 0.25) is 0 Å². The van der Waals surface area contributed by atoms with Crippen LogP contribution in [0.25, 0.3) is 0 Å². The predicted molar refractivity (Wildman–Crippen MR) is 50.3 cm³/mol. The van der Waals surface area contributed by atoms with Crippen molar-refractivity contribution in [3.8, 4) is 0 Å². The molecule has 0 aliphatic heterocycles. The average Bonchev–Trinajstić information content (AvgIpc) is 2.32. The van der Waals surface area contributed by atoms with Gasteiger partial charge in [0.25, 0.3) is 0 Å². The summed E-state index contributed by atoms with van der Waals surface area (Å²) in [6.07, 6.45) is 0. The van der Waals surface area contributed by atoms with Crippen LogP contribution in [-0.2, 0) is 0 Å². The van der Waals surface area contributed by atoms with Gasteiger partial charge in [0.1, 0.15) is 15.1 Å². The number of ketones is 1. The molecule has 0 saturated carbocycles. The first kappa shape index (κ1) is 9.45. The lowest BCUT2D eigenvalue weighted by Crippen LogP contribution is -2.00. The number of carbonyl (C=O) groups is 1. The quantitative estimate of drug-likeness (QED) is 0.613. The molecule has 0 N–H and O–H groups in total. The molecule has 1 aromatic rings. The second-order valence-corrected chi connectivity index (χ2v) is 3.99. The van der Waals surface area contributed by atoms with Gasteiger partial charge in [-0.3, -0.25) is 4.79 Å². The highest BCUT2D eigenvalue weighted by Gasteiger charge is 2.15. The van der Waals surface area contributed by atoms with Crippen LogP contribution in [0.4, 0.5) is 0 Å². The molecule has 1 aromatic heterocycles. The molecule has 0 aliphatic rings.